The van der Waals surface area contributed by atoms with Crippen molar-refractivity contribution in [1.29, 1.82) is 5.26 Å². The van der Waals surface area contributed by atoms with Gasteiger partial charge in [0, 0.05) is 18.0 Å². The SMILES string of the molecule is CCOc1ccc(-n2c(Sc3cccc(C#N)n3)nnc2-c2cccnc2)cc1. The van der Waals surface area contributed by atoms with Crippen molar-refractivity contribution in [3.8, 4) is 28.9 Å². The molecular formula is C21H16N6OS. The van der Waals surface area contributed by atoms with Gasteiger partial charge in [0.05, 0.1) is 12.3 Å². The van der Waals surface area contributed by atoms with Crippen LogP contribution in [0.5, 0.6) is 5.75 Å². The smallest absolute Gasteiger partial charge is 0.202 e. The molecule has 0 unspecified atom stereocenters. The number of ether oxygens (including phenoxy) is 1. The van der Waals surface area contributed by atoms with Gasteiger partial charge in [0.2, 0.25) is 5.16 Å². The Kier molecular flexibility index (Phi) is 5.49. The Morgan fingerprint density at radius 3 is 2.66 bits per heavy atom. The van der Waals surface area contributed by atoms with Crippen molar-refractivity contribution in [2.45, 2.75) is 17.1 Å². The molecule has 3 aromatic heterocycles. The van der Waals surface area contributed by atoms with Crippen molar-refractivity contribution in [3.63, 3.8) is 0 Å². The monoisotopic (exact) mass is 400 g/mol. The lowest BCUT2D eigenvalue weighted by molar-refractivity contribution is 0.340. The quantitative estimate of drug-likeness (QED) is 0.480. The molecule has 0 saturated carbocycles. The molecular weight excluding hydrogens is 384 g/mol. The Morgan fingerprint density at radius 2 is 1.93 bits per heavy atom. The molecule has 0 radical (unpaired) electrons. The largest absolute Gasteiger partial charge is 0.494 e. The first-order valence-electron chi connectivity index (χ1n) is 8.92. The Labute approximate surface area is 172 Å². The normalized spacial score (nSPS) is 10.5. The molecule has 1 aromatic carbocycles. The second-order valence-corrected chi connectivity index (χ2v) is 6.87. The zero-order chi connectivity index (χ0) is 20.1. The molecule has 0 aliphatic rings. The maximum atomic E-state index is 9.11. The predicted octanol–water partition coefficient (Wildman–Crippen LogP) is 4.15. The van der Waals surface area contributed by atoms with Crippen molar-refractivity contribution >= 4 is 11.8 Å². The minimum atomic E-state index is 0.356. The molecule has 29 heavy (non-hydrogen) atoms. The summed E-state index contributed by atoms with van der Waals surface area (Å²) in [6, 6.07) is 18.9. The third-order valence-corrected chi connectivity index (χ3v) is 4.88. The Hall–Kier alpha value is -3.70. The zero-order valence-corrected chi connectivity index (χ0v) is 16.4. The summed E-state index contributed by atoms with van der Waals surface area (Å²) in [5.41, 5.74) is 2.09. The van der Waals surface area contributed by atoms with Gasteiger partial charge in [-0.3, -0.25) is 9.55 Å². The highest BCUT2D eigenvalue weighted by Crippen LogP contribution is 2.31. The van der Waals surface area contributed by atoms with E-state index in [1.165, 1.54) is 11.8 Å². The maximum Gasteiger partial charge on any atom is 0.202 e. The van der Waals surface area contributed by atoms with Crippen molar-refractivity contribution in [3.05, 3.63) is 72.7 Å². The summed E-state index contributed by atoms with van der Waals surface area (Å²) in [5, 5.41) is 19.2. The van der Waals surface area contributed by atoms with E-state index in [0.29, 0.717) is 28.3 Å². The van der Waals surface area contributed by atoms with Gasteiger partial charge in [-0.2, -0.15) is 5.26 Å². The van der Waals surface area contributed by atoms with Crippen molar-refractivity contribution in [2.24, 2.45) is 0 Å². The first-order chi connectivity index (χ1) is 14.3. The maximum absolute atomic E-state index is 9.11. The van der Waals surface area contributed by atoms with E-state index in [2.05, 4.69) is 26.2 Å². The fourth-order valence-electron chi connectivity index (χ4n) is 2.74. The summed E-state index contributed by atoms with van der Waals surface area (Å²) >= 11 is 1.34. The second-order valence-electron chi connectivity index (χ2n) is 5.89. The topological polar surface area (TPSA) is 89.5 Å². The van der Waals surface area contributed by atoms with Gasteiger partial charge < -0.3 is 4.74 Å². The van der Waals surface area contributed by atoms with Gasteiger partial charge in [-0.15, -0.1) is 10.2 Å². The van der Waals surface area contributed by atoms with Crippen molar-refractivity contribution < 1.29 is 4.74 Å². The summed E-state index contributed by atoms with van der Waals surface area (Å²) in [4.78, 5) is 8.52. The molecule has 0 aliphatic carbocycles. The van der Waals surface area contributed by atoms with Crippen LogP contribution in [0.2, 0.25) is 0 Å². The van der Waals surface area contributed by atoms with Crippen LogP contribution in [0.3, 0.4) is 0 Å². The minimum absolute atomic E-state index is 0.356. The third kappa shape index (κ3) is 4.10. The molecule has 4 aromatic rings. The molecule has 0 saturated heterocycles. The van der Waals surface area contributed by atoms with Crippen LogP contribution in [0.25, 0.3) is 17.1 Å². The molecule has 0 fully saturated rings. The highest BCUT2D eigenvalue weighted by molar-refractivity contribution is 7.99. The predicted molar refractivity (Wildman–Crippen MR) is 109 cm³/mol. The van der Waals surface area contributed by atoms with E-state index in [1.807, 2.05) is 54.0 Å². The average Bonchev–Trinajstić information content (AvgIpc) is 3.19. The van der Waals surface area contributed by atoms with E-state index < -0.39 is 0 Å². The van der Waals surface area contributed by atoms with Gasteiger partial charge in [-0.1, -0.05) is 6.07 Å². The van der Waals surface area contributed by atoms with Crippen LogP contribution in [-0.4, -0.2) is 31.3 Å². The van der Waals surface area contributed by atoms with Crippen LogP contribution in [0.4, 0.5) is 0 Å². The first-order valence-corrected chi connectivity index (χ1v) is 9.74. The van der Waals surface area contributed by atoms with Crippen LogP contribution in [-0.2, 0) is 0 Å². The molecule has 0 amide bonds. The second kappa shape index (κ2) is 8.54. The number of hydrogen-bond donors (Lipinski definition) is 0. The minimum Gasteiger partial charge on any atom is -0.494 e. The van der Waals surface area contributed by atoms with Gasteiger partial charge >= 0.3 is 0 Å². The molecule has 3 heterocycles. The number of benzene rings is 1. The van der Waals surface area contributed by atoms with Gasteiger partial charge in [0.1, 0.15) is 22.5 Å². The summed E-state index contributed by atoms with van der Waals surface area (Å²) in [7, 11) is 0. The van der Waals surface area contributed by atoms with Crippen LogP contribution in [0.1, 0.15) is 12.6 Å². The lowest BCUT2D eigenvalue weighted by Gasteiger charge is -2.11. The lowest BCUT2D eigenvalue weighted by atomic mass is 10.2. The van der Waals surface area contributed by atoms with E-state index in [1.54, 1.807) is 24.5 Å². The summed E-state index contributed by atoms with van der Waals surface area (Å²) in [6.07, 6.45) is 3.46. The highest BCUT2D eigenvalue weighted by Gasteiger charge is 2.17. The van der Waals surface area contributed by atoms with E-state index in [9.17, 15) is 0 Å². The number of rotatable bonds is 6. The Bertz CT molecular complexity index is 1150. The van der Waals surface area contributed by atoms with E-state index >= 15 is 0 Å². The number of nitrogens with zero attached hydrogens (tertiary/aromatic N) is 6. The van der Waals surface area contributed by atoms with Crippen LogP contribution in [0, 0.1) is 11.3 Å². The fourth-order valence-corrected chi connectivity index (χ4v) is 3.58. The number of aromatic nitrogens is 5. The summed E-state index contributed by atoms with van der Waals surface area (Å²) in [5.74, 6) is 1.46. The van der Waals surface area contributed by atoms with Gasteiger partial charge in [-0.25, -0.2) is 4.98 Å². The van der Waals surface area contributed by atoms with Crippen LogP contribution >= 0.6 is 11.8 Å². The molecule has 7 nitrogen and oxygen atoms in total. The van der Waals surface area contributed by atoms with E-state index in [4.69, 9.17) is 10.00 Å². The lowest BCUT2D eigenvalue weighted by Crippen LogP contribution is -2.00. The molecule has 8 heteroatoms. The zero-order valence-electron chi connectivity index (χ0n) is 15.6. The molecule has 4 rings (SSSR count). The summed E-state index contributed by atoms with van der Waals surface area (Å²) < 4.78 is 7.49. The van der Waals surface area contributed by atoms with Crippen molar-refractivity contribution in [2.75, 3.05) is 6.61 Å². The third-order valence-electron chi connectivity index (χ3n) is 3.99. The van der Waals surface area contributed by atoms with Crippen molar-refractivity contribution in [1.82, 2.24) is 24.7 Å². The molecule has 0 spiro atoms. The van der Waals surface area contributed by atoms with Gasteiger partial charge in [0.25, 0.3) is 0 Å². The van der Waals surface area contributed by atoms with E-state index in [-0.39, 0.29) is 0 Å². The number of nitriles is 1. The molecule has 0 aliphatic heterocycles. The summed E-state index contributed by atoms with van der Waals surface area (Å²) in [6.45, 7) is 2.56. The number of hydrogen-bond acceptors (Lipinski definition) is 7. The molecule has 0 atom stereocenters. The molecule has 0 bridgehead atoms. The average molecular weight is 400 g/mol. The standard InChI is InChI=1S/C21H16N6OS/c1-2-28-18-10-8-17(9-11-18)27-20(15-5-4-12-23-14-15)25-26-21(27)29-19-7-3-6-16(13-22)24-19/h3-12,14H,2H2,1H3. The Balaban J connectivity index is 1.79. The van der Waals surface area contributed by atoms with Gasteiger partial charge in [-0.05, 0) is 67.2 Å². The first kappa shape index (κ1) is 18.7. The Morgan fingerprint density at radius 1 is 1.07 bits per heavy atom. The number of pyridine rings is 2. The fraction of sp³-hybridized carbons (Fsp3) is 0.0952. The highest BCUT2D eigenvalue weighted by atomic mass is 32.2. The van der Waals surface area contributed by atoms with Gasteiger partial charge in [0.15, 0.2) is 5.82 Å². The molecule has 142 valence electrons. The molecule has 0 N–H and O–H groups in total. The van der Waals surface area contributed by atoms with Crippen LogP contribution < -0.4 is 4.74 Å². The van der Waals surface area contributed by atoms with E-state index in [0.717, 1.165) is 17.0 Å². The van der Waals surface area contributed by atoms with Crippen LogP contribution in [0.15, 0.2) is 77.2 Å².